The van der Waals surface area contributed by atoms with Crippen LogP contribution in [0.1, 0.15) is 61.0 Å². The van der Waals surface area contributed by atoms with E-state index in [2.05, 4.69) is 13.0 Å². The van der Waals surface area contributed by atoms with Gasteiger partial charge in [0.15, 0.2) is 0 Å². The second kappa shape index (κ2) is 12.4. The molecule has 0 unspecified atom stereocenters. The molecule has 0 spiro atoms. The van der Waals surface area contributed by atoms with E-state index in [1.807, 2.05) is 43.3 Å². The van der Waals surface area contributed by atoms with Crippen molar-refractivity contribution >= 4 is 17.2 Å². The summed E-state index contributed by atoms with van der Waals surface area (Å²) in [5, 5.41) is 9.91. The van der Waals surface area contributed by atoms with Gasteiger partial charge >= 0.3 is 5.97 Å². The van der Waals surface area contributed by atoms with Crippen molar-refractivity contribution in [2.45, 2.75) is 39.5 Å². The number of esters is 1. The van der Waals surface area contributed by atoms with Gasteiger partial charge in [-0.25, -0.2) is 4.79 Å². The van der Waals surface area contributed by atoms with Crippen molar-refractivity contribution in [3.05, 3.63) is 65.2 Å². The second-order valence-electron chi connectivity index (χ2n) is 7.46. The summed E-state index contributed by atoms with van der Waals surface area (Å²) >= 11 is 0. The Labute approximate surface area is 185 Å². The first kappa shape index (κ1) is 24.0. The SMILES string of the molecule is CCCCCCOc1ccc(/C(=C(\C#N)c2ccc(C(=O)OCC)cc2)N(C)C)cc1. The molecular formula is C26H32N2O3. The standard InChI is InChI=1S/C26H32N2O3/c1-5-7-8-9-18-31-23-16-14-21(15-17-23)25(28(3)4)24(19-27)20-10-12-22(13-11-20)26(29)30-6-2/h10-17H,5-9,18H2,1-4H3/b25-24-. The summed E-state index contributed by atoms with van der Waals surface area (Å²) < 4.78 is 10.9. The molecule has 5 heteroatoms. The molecule has 0 fully saturated rings. The Kier molecular flexibility index (Phi) is 9.64. The van der Waals surface area contributed by atoms with Crippen LogP contribution in [0.15, 0.2) is 48.5 Å². The molecular weight excluding hydrogens is 388 g/mol. The van der Waals surface area contributed by atoms with Crippen LogP contribution in [-0.4, -0.2) is 38.2 Å². The number of benzene rings is 2. The van der Waals surface area contributed by atoms with E-state index in [0.717, 1.165) is 29.0 Å². The molecule has 2 aromatic carbocycles. The summed E-state index contributed by atoms with van der Waals surface area (Å²) in [5.74, 6) is 0.463. The third-order valence-electron chi connectivity index (χ3n) is 4.87. The van der Waals surface area contributed by atoms with Gasteiger partial charge < -0.3 is 14.4 Å². The van der Waals surface area contributed by atoms with Crippen LogP contribution in [0.4, 0.5) is 0 Å². The number of carbonyl (C=O) groups is 1. The van der Waals surface area contributed by atoms with Crippen molar-refractivity contribution in [2.24, 2.45) is 0 Å². The minimum Gasteiger partial charge on any atom is -0.494 e. The van der Waals surface area contributed by atoms with Crippen LogP contribution in [0, 0.1) is 11.3 Å². The Morgan fingerprint density at radius 2 is 1.52 bits per heavy atom. The van der Waals surface area contributed by atoms with Crippen LogP contribution in [0.25, 0.3) is 11.3 Å². The van der Waals surface area contributed by atoms with Gasteiger partial charge in [-0.3, -0.25) is 0 Å². The van der Waals surface area contributed by atoms with E-state index in [0.29, 0.717) is 24.4 Å². The summed E-state index contributed by atoms with van der Waals surface area (Å²) in [4.78, 5) is 13.8. The Morgan fingerprint density at radius 1 is 0.903 bits per heavy atom. The Bertz CT molecular complexity index is 907. The lowest BCUT2D eigenvalue weighted by atomic mass is 9.98. The highest BCUT2D eigenvalue weighted by atomic mass is 16.5. The highest BCUT2D eigenvalue weighted by Gasteiger charge is 2.15. The average molecular weight is 421 g/mol. The third kappa shape index (κ3) is 6.89. The number of nitrogens with zero attached hydrogens (tertiary/aromatic N) is 2. The zero-order valence-corrected chi connectivity index (χ0v) is 19.0. The van der Waals surface area contributed by atoms with Gasteiger partial charge in [0.25, 0.3) is 0 Å². The fourth-order valence-corrected chi connectivity index (χ4v) is 3.30. The summed E-state index contributed by atoms with van der Waals surface area (Å²) in [6.45, 7) is 5.01. The van der Waals surface area contributed by atoms with Crippen LogP contribution >= 0.6 is 0 Å². The van der Waals surface area contributed by atoms with Crippen molar-refractivity contribution in [3.8, 4) is 11.8 Å². The predicted octanol–water partition coefficient (Wildman–Crippen LogP) is 5.78. The van der Waals surface area contributed by atoms with Crippen molar-refractivity contribution < 1.29 is 14.3 Å². The average Bonchev–Trinajstić information content (AvgIpc) is 2.78. The van der Waals surface area contributed by atoms with E-state index in [1.165, 1.54) is 19.3 Å². The molecule has 0 aliphatic rings. The van der Waals surface area contributed by atoms with Crippen molar-refractivity contribution in [3.63, 3.8) is 0 Å². The molecule has 2 rings (SSSR count). The quantitative estimate of drug-likeness (QED) is 0.200. The van der Waals surface area contributed by atoms with E-state index >= 15 is 0 Å². The molecule has 0 aromatic heterocycles. The van der Waals surface area contributed by atoms with Gasteiger partial charge in [-0.05, 0) is 60.9 Å². The molecule has 0 aliphatic carbocycles. The number of allylic oxidation sites excluding steroid dienone is 1. The topological polar surface area (TPSA) is 62.6 Å². The number of nitriles is 1. The molecule has 0 heterocycles. The molecule has 0 saturated heterocycles. The number of hydrogen-bond donors (Lipinski definition) is 0. The Morgan fingerprint density at radius 3 is 2.06 bits per heavy atom. The molecule has 0 saturated carbocycles. The van der Waals surface area contributed by atoms with Gasteiger partial charge in [0.05, 0.1) is 30.0 Å². The lowest BCUT2D eigenvalue weighted by Crippen LogP contribution is -2.12. The maximum Gasteiger partial charge on any atom is 0.338 e. The van der Waals surface area contributed by atoms with Gasteiger partial charge in [-0.15, -0.1) is 0 Å². The maximum atomic E-state index is 11.9. The first-order valence-electron chi connectivity index (χ1n) is 10.8. The molecule has 2 aromatic rings. The Balaban J connectivity index is 2.25. The molecule has 0 atom stereocenters. The van der Waals surface area contributed by atoms with Crippen LogP contribution < -0.4 is 4.74 Å². The minimum absolute atomic E-state index is 0.327. The minimum atomic E-state index is -0.366. The summed E-state index contributed by atoms with van der Waals surface area (Å²) in [6, 6.07) is 17.1. The first-order chi connectivity index (χ1) is 15.0. The highest BCUT2D eigenvalue weighted by molar-refractivity contribution is 5.97. The van der Waals surface area contributed by atoms with Gasteiger partial charge in [-0.2, -0.15) is 5.26 Å². The third-order valence-corrected chi connectivity index (χ3v) is 4.87. The molecule has 0 bridgehead atoms. The number of rotatable bonds is 11. The highest BCUT2D eigenvalue weighted by Crippen LogP contribution is 2.29. The molecule has 0 N–H and O–H groups in total. The van der Waals surface area contributed by atoms with Gasteiger partial charge in [0.2, 0.25) is 0 Å². The fourth-order valence-electron chi connectivity index (χ4n) is 3.30. The summed E-state index contributed by atoms with van der Waals surface area (Å²) in [7, 11) is 3.83. The lowest BCUT2D eigenvalue weighted by molar-refractivity contribution is 0.0526. The number of carbonyl (C=O) groups excluding carboxylic acids is 1. The van der Waals surface area contributed by atoms with Crippen molar-refractivity contribution in [1.82, 2.24) is 4.90 Å². The fraction of sp³-hybridized carbons (Fsp3) is 0.385. The van der Waals surface area contributed by atoms with Crippen molar-refractivity contribution in [1.29, 1.82) is 5.26 Å². The van der Waals surface area contributed by atoms with E-state index in [4.69, 9.17) is 9.47 Å². The molecule has 0 aliphatic heterocycles. The molecule has 5 nitrogen and oxygen atoms in total. The number of unbranched alkanes of at least 4 members (excludes halogenated alkanes) is 3. The summed E-state index contributed by atoms with van der Waals surface area (Å²) in [6.07, 6.45) is 4.68. The van der Waals surface area contributed by atoms with E-state index in [1.54, 1.807) is 31.2 Å². The zero-order valence-electron chi connectivity index (χ0n) is 19.0. The van der Waals surface area contributed by atoms with Gasteiger partial charge in [0.1, 0.15) is 11.8 Å². The molecule has 0 radical (unpaired) electrons. The molecule has 31 heavy (non-hydrogen) atoms. The van der Waals surface area contributed by atoms with Gasteiger partial charge in [-0.1, -0.05) is 38.3 Å². The normalized spacial score (nSPS) is 11.3. The monoisotopic (exact) mass is 420 g/mol. The first-order valence-corrected chi connectivity index (χ1v) is 10.8. The second-order valence-corrected chi connectivity index (χ2v) is 7.46. The summed E-state index contributed by atoms with van der Waals surface area (Å²) in [5.41, 5.74) is 3.48. The van der Waals surface area contributed by atoms with Crippen LogP contribution in [0.2, 0.25) is 0 Å². The number of hydrogen-bond acceptors (Lipinski definition) is 5. The smallest absolute Gasteiger partial charge is 0.338 e. The Hall–Kier alpha value is -3.26. The van der Waals surface area contributed by atoms with E-state index in [-0.39, 0.29) is 5.97 Å². The number of ether oxygens (including phenoxy) is 2. The zero-order chi connectivity index (χ0) is 22.6. The predicted molar refractivity (Wildman–Crippen MR) is 125 cm³/mol. The van der Waals surface area contributed by atoms with Crippen LogP contribution in [0.5, 0.6) is 5.75 Å². The van der Waals surface area contributed by atoms with Crippen molar-refractivity contribution in [2.75, 3.05) is 27.3 Å². The molecule has 0 amide bonds. The van der Waals surface area contributed by atoms with Gasteiger partial charge in [0, 0.05) is 14.1 Å². The van der Waals surface area contributed by atoms with Crippen LogP contribution in [-0.2, 0) is 4.74 Å². The maximum absolute atomic E-state index is 11.9. The molecule has 164 valence electrons. The van der Waals surface area contributed by atoms with E-state index in [9.17, 15) is 10.1 Å². The largest absolute Gasteiger partial charge is 0.494 e. The lowest BCUT2D eigenvalue weighted by Gasteiger charge is -2.20. The van der Waals surface area contributed by atoms with Crippen LogP contribution in [0.3, 0.4) is 0 Å². The van der Waals surface area contributed by atoms with E-state index < -0.39 is 0 Å².